The van der Waals surface area contributed by atoms with E-state index in [-0.39, 0.29) is 0 Å². The minimum Gasteiger partial charge on any atom is -0.313 e. The van der Waals surface area contributed by atoms with Gasteiger partial charge < -0.3 is 5.32 Å². The van der Waals surface area contributed by atoms with Crippen molar-refractivity contribution >= 4 is 11.8 Å². The fourth-order valence-electron chi connectivity index (χ4n) is 1.23. The Balaban J connectivity index is 1.93. The van der Waals surface area contributed by atoms with E-state index in [0.29, 0.717) is 0 Å². The van der Waals surface area contributed by atoms with Gasteiger partial charge in [-0.25, -0.2) is 0 Å². The second-order valence-corrected chi connectivity index (χ2v) is 4.11. The maximum atomic E-state index is 3.43. The van der Waals surface area contributed by atoms with E-state index >= 15 is 0 Å². The van der Waals surface area contributed by atoms with Crippen molar-refractivity contribution in [2.75, 3.05) is 24.6 Å². The number of thioether (sulfide) groups is 1. The van der Waals surface area contributed by atoms with E-state index < -0.39 is 0 Å². The Hall–Kier alpha value is 0.0500. The van der Waals surface area contributed by atoms with Gasteiger partial charge in [-0.15, -0.1) is 0 Å². The van der Waals surface area contributed by atoms with Crippen molar-refractivity contribution in [1.82, 2.24) is 5.32 Å². The zero-order chi connectivity index (χ0) is 7.94. The third-order valence-electron chi connectivity index (χ3n) is 1.95. The highest BCUT2D eigenvalue weighted by Gasteiger charge is 2.13. The van der Waals surface area contributed by atoms with Gasteiger partial charge in [-0.1, -0.05) is 12.2 Å². The summed E-state index contributed by atoms with van der Waals surface area (Å²) in [5, 5.41) is 3.43. The highest BCUT2D eigenvalue weighted by atomic mass is 32.2. The number of hydrogen-bond donors (Lipinski definition) is 1. The van der Waals surface area contributed by atoms with E-state index in [9.17, 15) is 0 Å². The SMILES string of the molecule is C/C=C/CNCC1CCSC1. The summed E-state index contributed by atoms with van der Waals surface area (Å²) < 4.78 is 0. The topological polar surface area (TPSA) is 12.0 Å². The van der Waals surface area contributed by atoms with Crippen molar-refractivity contribution in [3.63, 3.8) is 0 Å². The predicted molar refractivity (Wildman–Crippen MR) is 53.1 cm³/mol. The lowest BCUT2D eigenvalue weighted by atomic mass is 10.1. The Labute approximate surface area is 73.6 Å². The van der Waals surface area contributed by atoms with Gasteiger partial charge in [-0.05, 0) is 37.3 Å². The molecule has 1 heterocycles. The Morgan fingerprint density at radius 3 is 3.18 bits per heavy atom. The molecule has 1 aliphatic heterocycles. The lowest BCUT2D eigenvalue weighted by molar-refractivity contribution is 0.543. The molecule has 11 heavy (non-hydrogen) atoms. The molecule has 1 N–H and O–H groups in total. The van der Waals surface area contributed by atoms with Crippen LogP contribution in [0.2, 0.25) is 0 Å². The average Bonchev–Trinajstić information content (AvgIpc) is 2.50. The molecule has 0 aliphatic carbocycles. The molecule has 64 valence electrons. The van der Waals surface area contributed by atoms with E-state index in [1.807, 2.05) is 0 Å². The molecule has 1 aliphatic rings. The van der Waals surface area contributed by atoms with Crippen molar-refractivity contribution in [1.29, 1.82) is 0 Å². The van der Waals surface area contributed by atoms with Gasteiger partial charge in [0.05, 0.1) is 0 Å². The molecule has 2 heteroatoms. The molecule has 1 saturated heterocycles. The van der Waals surface area contributed by atoms with Crippen LogP contribution in [-0.4, -0.2) is 24.6 Å². The van der Waals surface area contributed by atoms with Gasteiger partial charge in [0.15, 0.2) is 0 Å². The molecular weight excluding hydrogens is 154 g/mol. The summed E-state index contributed by atoms with van der Waals surface area (Å²) >= 11 is 2.09. The Kier molecular flexibility index (Phi) is 4.71. The van der Waals surface area contributed by atoms with Crippen LogP contribution >= 0.6 is 11.8 Å². The monoisotopic (exact) mass is 171 g/mol. The van der Waals surface area contributed by atoms with Crippen LogP contribution < -0.4 is 5.32 Å². The fraction of sp³-hybridized carbons (Fsp3) is 0.778. The molecule has 0 aromatic carbocycles. The second-order valence-electron chi connectivity index (χ2n) is 2.96. The van der Waals surface area contributed by atoms with Gasteiger partial charge in [0, 0.05) is 6.54 Å². The van der Waals surface area contributed by atoms with Crippen LogP contribution in [0.1, 0.15) is 13.3 Å². The molecule has 0 bridgehead atoms. The first-order chi connectivity index (χ1) is 5.43. The zero-order valence-corrected chi connectivity index (χ0v) is 7.99. The van der Waals surface area contributed by atoms with E-state index in [0.717, 1.165) is 12.5 Å². The minimum absolute atomic E-state index is 0.935. The molecule has 0 saturated carbocycles. The van der Waals surface area contributed by atoms with Crippen molar-refractivity contribution < 1.29 is 0 Å². The van der Waals surface area contributed by atoms with Crippen molar-refractivity contribution in [2.24, 2.45) is 5.92 Å². The van der Waals surface area contributed by atoms with Crippen LogP contribution in [-0.2, 0) is 0 Å². The molecule has 0 aromatic heterocycles. The molecule has 0 aromatic rings. The van der Waals surface area contributed by atoms with Crippen molar-refractivity contribution in [3.05, 3.63) is 12.2 Å². The summed E-state index contributed by atoms with van der Waals surface area (Å²) in [4.78, 5) is 0. The summed E-state index contributed by atoms with van der Waals surface area (Å²) in [6.07, 6.45) is 5.67. The third-order valence-corrected chi connectivity index (χ3v) is 3.19. The highest BCUT2D eigenvalue weighted by molar-refractivity contribution is 7.99. The van der Waals surface area contributed by atoms with E-state index in [1.54, 1.807) is 0 Å². The van der Waals surface area contributed by atoms with Gasteiger partial charge in [0.1, 0.15) is 0 Å². The van der Waals surface area contributed by atoms with E-state index in [2.05, 4.69) is 36.2 Å². The molecular formula is C9H17NS. The molecule has 1 fully saturated rings. The van der Waals surface area contributed by atoms with E-state index in [4.69, 9.17) is 0 Å². The third kappa shape index (κ3) is 3.82. The minimum atomic E-state index is 0.935. The van der Waals surface area contributed by atoms with Crippen molar-refractivity contribution in [2.45, 2.75) is 13.3 Å². The van der Waals surface area contributed by atoms with Crippen molar-refractivity contribution in [3.8, 4) is 0 Å². The molecule has 1 unspecified atom stereocenters. The van der Waals surface area contributed by atoms with Gasteiger partial charge in [0.2, 0.25) is 0 Å². The Bertz CT molecular complexity index is 117. The van der Waals surface area contributed by atoms with Gasteiger partial charge in [-0.2, -0.15) is 11.8 Å². The summed E-state index contributed by atoms with van der Waals surface area (Å²) in [6.45, 7) is 4.31. The average molecular weight is 171 g/mol. The van der Waals surface area contributed by atoms with Gasteiger partial charge in [0.25, 0.3) is 0 Å². The van der Waals surface area contributed by atoms with Crippen LogP contribution in [0.25, 0.3) is 0 Å². The van der Waals surface area contributed by atoms with E-state index in [1.165, 1.54) is 24.5 Å². The normalized spacial score (nSPS) is 25.0. The Morgan fingerprint density at radius 2 is 2.55 bits per heavy atom. The quantitative estimate of drug-likeness (QED) is 0.512. The predicted octanol–water partition coefficient (Wildman–Crippen LogP) is 1.91. The van der Waals surface area contributed by atoms with Gasteiger partial charge >= 0.3 is 0 Å². The zero-order valence-electron chi connectivity index (χ0n) is 7.18. The van der Waals surface area contributed by atoms with Crippen LogP contribution in [0.4, 0.5) is 0 Å². The maximum Gasteiger partial charge on any atom is 0.0134 e. The Morgan fingerprint density at radius 1 is 1.64 bits per heavy atom. The number of allylic oxidation sites excluding steroid dienone is 1. The standard InChI is InChI=1S/C9H17NS/c1-2-3-5-10-7-9-4-6-11-8-9/h2-3,9-10H,4-8H2,1H3/b3-2+. The summed E-state index contributed by atoms with van der Waals surface area (Å²) in [6, 6.07) is 0. The summed E-state index contributed by atoms with van der Waals surface area (Å²) in [7, 11) is 0. The largest absolute Gasteiger partial charge is 0.313 e. The second kappa shape index (κ2) is 5.67. The first-order valence-electron chi connectivity index (χ1n) is 4.33. The summed E-state index contributed by atoms with van der Waals surface area (Å²) in [5.74, 6) is 3.67. The molecule has 0 spiro atoms. The number of nitrogens with one attached hydrogen (secondary N) is 1. The fourth-order valence-corrected chi connectivity index (χ4v) is 2.52. The first kappa shape index (κ1) is 9.14. The summed E-state index contributed by atoms with van der Waals surface area (Å²) in [5.41, 5.74) is 0. The number of hydrogen-bond acceptors (Lipinski definition) is 2. The molecule has 1 nitrogen and oxygen atoms in total. The van der Waals surface area contributed by atoms with Gasteiger partial charge in [-0.3, -0.25) is 0 Å². The molecule has 1 rings (SSSR count). The lowest BCUT2D eigenvalue weighted by Gasteiger charge is -2.07. The number of rotatable bonds is 4. The smallest absolute Gasteiger partial charge is 0.0134 e. The van der Waals surface area contributed by atoms with Crippen LogP contribution in [0, 0.1) is 5.92 Å². The highest BCUT2D eigenvalue weighted by Crippen LogP contribution is 2.22. The van der Waals surface area contributed by atoms with Crippen LogP contribution in [0.5, 0.6) is 0 Å². The maximum absolute atomic E-state index is 3.43. The molecule has 0 radical (unpaired) electrons. The van der Waals surface area contributed by atoms with Crippen LogP contribution in [0.3, 0.4) is 0 Å². The molecule has 1 atom stereocenters. The lowest BCUT2D eigenvalue weighted by Crippen LogP contribution is -2.22. The first-order valence-corrected chi connectivity index (χ1v) is 5.48. The molecule has 0 amide bonds. The van der Waals surface area contributed by atoms with Crippen LogP contribution in [0.15, 0.2) is 12.2 Å².